The van der Waals surface area contributed by atoms with Crippen LogP contribution in [0.4, 0.5) is 0 Å². The van der Waals surface area contributed by atoms with E-state index < -0.39 is 0 Å². The third-order valence-corrected chi connectivity index (χ3v) is 5.47. The second-order valence-electron chi connectivity index (χ2n) is 5.81. The fourth-order valence-corrected chi connectivity index (χ4v) is 3.99. The Hall–Kier alpha value is -1.34. The van der Waals surface area contributed by atoms with E-state index in [-0.39, 0.29) is 5.91 Å². The maximum Gasteiger partial charge on any atom is 0.223 e. The Morgan fingerprint density at radius 3 is 3.17 bits per heavy atom. The van der Waals surface area contributed by atoms with Gasteiger partial charge in [-0.05, 0) is 19.1 Å². The molecule has 1 amide bonds. The monoisotopic (exact) mass is 350 g/mol. The Kier molecular flexibility index (Phi) is 5.72. The molecular formula is C16H22N4OS2. The van der Waals surface area contributed by atoms with E-state index in [4.69, 9.17) is 0 Å². The van der Waals surface area contributed by atoms with E-state index in [0.717, 1.165) is 49.7 Å². The van der Waals surface area contributed by atoms with Crippen LogP contribution in [0.1, 0.15) is 36.7 Å². The van der Waals surface area contributed by atoms with Crippen molar-refractivity contribution in [2.24, 2.45) is 0 Å². The standard InChI is InChI=1S/C16H22N4OS2/c1-22-8-4-15(21)19-6-2-3-13(9-19)16-17-5-7-20(16)10-14-11-23-12-18-14/h5,7,11-13H,2-4,6,8-10H2,1H3/t13-/m1/s1. The van der Waals surface area contributed by atoms with Crippen LogP contribution in [-0.2, 0) is 11.3 Å². The van der Waals surface area contributed by atoms with Crippen molar-refractivity contribution in [1.82, 2.24) is 19.4 Å². The molecule has 124 valence electrons. The Labute approximate surface area is 145 Å². The second-order valence-corrected chi connectivity index (χ2v) is 7.52. The summed E-state index contributed by atoms with van der Waals surface area (Å²) in [5, 5.41) is 2.07. The van der Waals surface area contributed by atoms with Crippen LogP contribution in [0.25, 0.3) is 0 Å². The number of thiazole rings is 1. The van der Waals surface area contributed by atoms with Gasteiger partial charge >= 0.3 is 0 Å². The van der Waals surface area contributed by atoms with E-state index in [9.17, 15) is 4.79 Å². The van der Waals surface area contributed by atoms with Crippen molar-refractivity contribution in [3.63, 3.8) is 0 Å². The highest BCUT2D eigenvalue weighted by molar-refractivity contribution is 7.98. The number of piperidine rings is 1. The fourth-order valence-electron chi connectivity index (χ4n) is 3.07. The summed E-state index contributed by atoms with van der Waals surface area (Å²) in [7, 11) is 0. The maximum absolute atomic E-state index is 12.3. The van der Waals surface area contributed by atoms with E-state index in [2.05, 4.69) is 19.9 Å². The summed E-state index contributed by atoms with van der Waals surface area (Å²) in [4.78, 5) is 23.2. The molecule has 0 spiro atoms. The van der Waals surface area contributed by atoms with Gasteiger partial charge in [0.15, 0.2) is 0 Å². The predicted molar refractivity (Wildman–Crippen MR) is 95.0 cm³/mol. The molecule has 0 radical (unpaired) electrons. The van der Waals surface area contributed by atoms with Crippen LogP contribution in [0, 0.1) is 0 Å². The average Bonchev–Trinajstić information content (AvgIpc) is 3.25. The van der Waals surface area contributed by atoms with Crippen molar-refractivity contribution in [3.05, 3.63) is 34.8 Å². The van der Waals surface area contributed by atoms with E-state index in [1.54, 1.807) is 23.1 Å². The van der Waals surface area contributed by atoms with Gasteiger partial charge in [-0.25, -0.2) is 9.97 Å². The fraction of sp³-hybridized carbons (Fsp3) is 0.562. The molecule has 0 saturated carbocycles. The highest BCUT2D eigenvalue weighted by Gasteiger charge is 2.27. The Morgan fingerprint density at radius 1 is 1.48 bits per heavy atom. The number of carbonyl (C=O) groups is 1. The van der Waals surface area contributed by atoms with Crippen molar-refractivity contribution in [2.45, 2.75) is 31.7 Å². The van der Waals surface area contributed by atoms with Crippen LogP contribution in [0.15, 0.2) is 23.3 Å². The zero-order valence-corrected chi connectivity index (χ0v) is 15.0. The normalized spacial score (nSPS) is 18.3. The van der Waals surface area contributed by atoms with Gasteiger partial charge in [0.2, 0.25) is 5.91 Å². The first-order valence-electron chi connectivity index (χ1n) is 7.92. The molecule has 1 saturated heterocycles. The van der Waals surface area contributed by atoms with Gasteiger partial charge in [0.1, 0.15) is 5.82 Å². The SMILES string of the molecule is CSCCC(=O)N1CCC[C@@H](c2nccn2Cc2cscn2)C1. The summed E-state index contributed by atoms with van der Waals surface area (Å²) in [5.74, 6) is 2.59. The molecule has 3 heterocycles. The molecular weight excluding hydrogens is 328 g/mol. The van der Waals surface area contributed by atoms with Gasteiger partial charge in [0.25, 0.3) is 0 Å². The van der Waals surface area contributed by atoms with Crippen molar-refractivity contribution >= 4 is 29.0 Å². The molecule has 0 aromatic carbocycles. The Morgan fingerprint density at radius 2 is 2.39 bits per heavy atom. The number of aromatic nitrogens is 3. The van der Waals surface area contributed by atoms with Gasteiger partial charge in [0, 0.05) is 49.0 Å². The van der Waals surface area contributed by atoms with Gasteiger partial charge in [-0.2, -0.15) is 11.8 Å². The Bertz CT molecular complexity index is 626. The minimum atomic E-state index is 0.279. The molecule has 23 heavy (non-hydrogen) atoms. The number of rotatable bonds is 6. The smallest absolute Gasteiger partial charge is 0.223 e. The molecule has 0 N–H and O–H groups in total. The number of imidazole rings is 1. The second kappa shape index (κ2) is 7.97. The van der Waals surface area contributed by atoms with E-state index in [1.807, 2.05) is 29.1 Å². The zero-order chi connectivity index (χ0) is 16.1. The number of nitrogens with zero attached hydrogens (tertiary/aromatic N) is 4. The number of hydrogen-bond donors (Lipinski definition) is 0. The lowest BCUT2D eigenvalue weighted by Gasteiger charge is -2.32. The molecule has 5 nitrogen and oxygen atoms in total. The molecule has 1 fully saturated rings. The molecule has 1 aliphatic rings. The lowest BCUT2D eigenvalue weighted by atomic mass is 9.97. The number of hydrogen-bond acceptors (Lipinski definition) is 5. The van der Waals surface area contributed by atoms with Gasteiger partial charge < -0.3 is 9.47 Å². The van der Waals surface area contributed by atoms with Crippen LogP contribution in [0.5, 0.6) is 0 Å². The lowest BCUT2D eigenvalue weighted by Crippen LogP contribution is -2.40. The van der Waals surface area contributed by atoms with Crippen LogP contribution in [0.2, 0.25) is 0 Å². The van der Waals surface area contributed by atoms with Gasteiger partial charge in [-0.3, -0.25) is 4.79 Å². The largest absolute Gasteiger partial charge is 0.342 e. The molecule has 1 aliphatic heterocycles. The molecule has 2 aromatic heterocycles. The summed E-state index contributed by atoms with van der Waals surface area (Å²) in [6.07, 6.45) is 8.71. The van der Waals surface area contributed by atoms with Gasteiger partial charge in [-0.15, -0.1) is 11.3 Å². The van der Waals surface area contributed by atoms with E-state index in [1.165, 1.54) is 0 Å². The molecule has 0 bridgehead atoms. The quantitative estimate of drug-likeness (QED) is 0.804. The first-order chi connectivity index (χ1) is 11.3. The van der Waals surface area contributed by atoms with Crippen LogP contribution >= 0.6 is 23.1 Å². The van der Waals surface area contributed by atoms with Crippen molar-refractivity contribution in [1.29, 1.82) is 0 Å². The number of amides is 1. The third kappa shape index (κ3) is 4.14. The lowest BCUT2D eigenvalue weighted by molar-refractivity contribution is -0.132. The van der Waals surface area contributed by atoms with Crippen LogP contribution in [0.3, 0.4) is 0 Å². The van der Waals surface area contributed by atoms with Crippen molar-refractivity contribution in [3.8, 4) is 0 Å². The van der Waals surface area contributed by atoms with Crippen molar-refractivity contribution < 1.29 is 4.79 Å². The first kappa shape index (κ1) is 16.5. The molecule has 3 rings (SSSR count). The number of carbonyl (C=O) groups excluding carboxylic acids is 1. The third-order valence-electron chi connectivity index (χ3n) is 4.22. The minimum absolute atomic E-state index is 0.279. The maximum atomic E-state index is 12.3. The summed E-state index contributed by atoms with van der Waals surface area (Å²) >= 11 is 3.34. The molecule has 1 atom stereocenters. The number of thioether (sulfide) groups is 1. The summed E-state index contributed by atoms with van der Waals surface area (Å²) < 4.78 is 2.18. The average molecular weight is 351 g/mol. The topological polar surface area (TPSA) is 51.0 Å². The van der Waals surface area contributed by atoms with Crippen molar-refractivity contribution in [2.75, 3.05) is 25.1 Å². The highest BCUT2D eigenvalue weighted by atomic mass is 32.2. The van der Waals surface area contributed by atoms with Gasteiger partial charge in [-0.1, -0.05) is 0 Å². The number of likely N-dealkylation sites (tertiary alicyclic amines) is 1. The highest BCUT2D eigenvalue weighted by Crippen LogP contribution is 2.26. The van der Waals surface area contributed by atoms with Crippen LogP contribution < -0.4 is 0 Å². The zero-order valence-electron chi connectivity index (χ0n) is 13.4. The predicted octanol–water partition coefficient (Wildman–Crippen LogP) is 2.85. The van der Waals surface area contributed by atoms with E-state index >= 15 is 0 Å². The summed E-state index contributed by atoms with van der Waals surface area (Å²) in [5.41, 5.74) is 2.93. The molecule has 0 aliphatic carbocycles. The van der Waals surface area contributed by atoms with E-state index in [0.29, 0.717) is 12.3 Å². The molecule has 7 heteroatoms. The summed E-state index contributed by atoms with van der Waals surface area (Å²) in [6.45, 7) is 2.44. The molecule has 2 aromatic rings. The minimum Gasteiger partial charge on any atom is -0.342 e. The Balaban J connectivity index is 1.67. The van der Waals surface area contributed by atoms with Gasteiger partial charge in [0.05, 0.1) is 17.7 Å². The van der Waals surface area contributed by atoms with Crippen LogP contribution in [-0.4, -0.2) is 50.4 Å². The molecule has 0 unspecified atom stereocenters. The summed E-state index contributed by atoms with van der Waals surface area (Å²) in [6, 6.07) is 0. The first-order valence-corrected chi connectivity index (χ1v) is 10.3.